The van der Waals surface area contributed by atoms with E-state index in [1.165, 1.54) is 0 Å². The first-order valence-electron chi connectivity index (χ1n) is 8.72. The van der Waals surface area contributed by atoms with Crippen molar-refractivity contribution in [2.75, 3.05) is 78.5 Å². The molecule has 0 aromatic rings. The Labute approximate surface area is 158 Å². The summed E-state index contributed by atoms with van der Waals surface area (Å²) in [6, 6.07) is 2.07. The van der Waals surface area contributed by atoms with Crippen molar-refractivity contribution in [2.24, 2.45) is 0 Å². The maximum Gasteiger partial charge on any atom is 0.317 e. The minimum absolute atomic E-state index is 0.160. The van der Waals surface area contributed by atoms with Crippen LogP contribution in [-0.4, -0.2) is 131 Å². The third-order valence-corrected chi connectivity index (χ3v) is 4.30. The van der Waals surface area contributed by atoms with Gasteiger partial charge in [0.25, 0.3) is 0 Å². The van der Waals surface area contributed by atoms with Crippen molar-refractivity contribution >= 4 is 17.9 Å². The Kier molecular flexibility index (Phi) is 10.3. The van der Waals surface area contributed by atoms with Gasteiger partial charge in [-0.2, -0.15) is 5.26 Å². The van der Waals surface area contributed by atoms with Gasteiger partial charge in [-0.15, -0.1) is 0 Å². The molecule has 152 valence electrons. The second kappa shape index (κ2) is 12.2. The van der Waals surface area contributed by atoms with Crippen molar-refractivity contribution in [3.63, 3.8) is 0 Å². The molecule has 1 heterocycles. The summed E-state index contributed by atoms with van der Waals surface area (Å²) in [6.45, 7) is 2.92. The Balaban J connectivity index is 2.87. The quantitative estimate of drug-likeness (QED) is 0.417. The van der Waals surface area contributed by atoms with E-state index in [1.807, 2.05) is 4.90 Å². The second-order valence-corrected chi connectivity index (χ2v) is 6.44. The van der Waals surface area contributed by atoms with Crippen LogP contribution in [0.3, 0.4) is 0 Å². The Morgan fingerprint density at radius 2 is 0.889 bits per heavy atom. The summed E-state index contributed by atoms with van der Waals surface area (Å²) in [6.07, 6.45) is 0. The lowest BCUT2D eigenvalue weighted by Crippen LogP contribution is -2.48. The Morgan fingerprint density at radius 3 is 1.11 bits per heavy atom. The molecule has 3 N–H and O–H groups in total. The van der Waals surface area contributed by atoms with Crippen molar-refractivity contribution < 1.29 is 29.7 Å². The summed E-state index contributed by atoms with van der Waals surface area (Å²) in [5.74, 6) is -2.92. The van der Waals surface area contributed by atoms with Gasteiger partial charge in [-0.05, 0) is 0 Å². The molecule has 0 amide bonds. The van der Waals surface area contributed by atoms with Crippen LogP contribution in [0, 0.1) is 11.3 Å². The fraction of sp³-hybridized carbons (Fsp3) is 0.750. The molecule has 0 spiro atoms. The van der Waals surface area contributed by atoms with E-state index in [4.69, 9.17) is 20.6 Å². The molecule has 0 atom stereocenters. The lowest BCUT2D eigenvalue weighted by Gasteiger charge is -2.32. The monoisotopic (exact) mass is 385 g/mol. The first-order chi connectivity index (χ1) is 12.8. The van der Waals surface area contributed by atoms with Crippen LogP contribution in [0.25, 0.3) is 0 Å². The molecule has 0 aromatic heterocycles. The summed E-state index contributed by atoms with van der Waals surface area (Å²) in [7, 11) is 0. The number of nitrogens with zero attached hydrogens (tertiary/aromatic N) is 5. The summed E-state index contributed by atoms with van der Waals surface area (Å²) in [5.41, 5.74) is 0. The van der Waals surface area contributed by atoms with E-state index in [2.05, 4.69) is 6.07 Å². The number of carbonyl (C=O) groups is 3. The van der Waals surface area contributed by atoms with Crippen LogP contribution in [-0.2, 0) is 14.4 Å². The molecule has 0 unspecified atom stereocenters. The van der Waals surface area contributed by atoms with E-state index in [9.17, 15) is 14.4 Å². The molecule has 1 aliphatic heterocycles. The van der Waals surface area contributed by atoms with Crippen LogP contribution in [0.1, 0.15) is 0 Å². The Bertz CT molecular complexity index is 520. The van der Waals surface area contributed by atoms with Gasteiger partial charge in [0.15, 0.2) is 0 Å². The highest BCUT2D eigenvalue weighted by Gasteiger charge is 2.19. The van der Waals surface area contributed by atoms with Gasteiger partial charge in [0.05, 0.1) is 32.2 Å². The molecule has 11 nitrogen and oxygen atoms in total. The van der Waals surface area contributed by atoms with Crippen molar-refractivity contribution in [3.8, 4) is 6.07 Å². The lowest BCUT2D eigenvalue weighted by molar-refractivity contribution is -0.140. The maximum absolute atomic E-state index is 11.1. The highest BCUT2D eigenvalue weighted by atomic mass is 16.4. The summed E-state index contributed by atoms with van der Waals surface area (Å²) < 4.78 is 0. The molecule has 0 saturated carbocycles. The number of aliphatic carboxylic acids is 3. The van der Waals surface area contributed by atoms with Crippen LogP contribution in [0.5, 0.6) is 0 Å². The second-order valence-electron chi connectivity index (χ2n) is 6.44. The van der Waals surface area contributed by atoms with Gasteiger partial charge in [0.2, 0.25) is 0 Å². The van der Waals surface area contributed by atoms with Crippen molar-refractivity contribution in [3.05, 3.63) is 0 Å². The fourth-order valence-electron chi connectivity index (χ4n) is 2.88. The fourth-order valence-corrected chi connectivity index (χ4v) is 2.88. The predicted octanol–water partition coefficient (Wildman–Crippen LogP) is -2.01. The maximum atomic E-state index is 11.1. The topological polar surface area (TPSA) is 149 Å². The zero-order chi connectivity index (χ0) is 20.2. The first-order valence-corrected chi connectivity index (χ1v) is 8.72. The molecule has 0 radical (unpaired) electrons. The average Bonchev–Trinajstić information content (AvgIpc) is 2.56. The van der Waals surface area contributed by atoms with Gasteiger partial charge < -0.3 is 15.3 Å². The number of carboxylic acid groups (broad SMARTS) is 3. The van der Waals surface area contributed by atoms with Crippen molar-refractivity contribution in [1.29, 1.82) is 5.26 Å². The smallest absolute Gasteiger partial charge is 0.317 e. The van der Waals surface area contributed by atoms with E-state index >= 15 is 0 Å². The Morgan fingerprint density at radius 1 is 0.630 bits per heavy atom. The molecule has 27 heavy (non-hydrogen) atoms. The number of carboxylic acids is 3. The van der Waals surface area contributed by atoms with Crippen molar-refractivity contribution in [2.45, 2.75) is 0 Å². The highest BCUT2D eigenvalue weighted by Crippen LogP contribution is 2.01. The molecule has 1 aliphatic rings. The number of rotatable bonds is 7. The lowest BCUT2D eigenvalue weighted by atomic mass is 10.3. The zero-order valence-electron chi connectivity index (χ0n) is 15.3. The zero-order valence-corrected chi connectivity index (χ0v) is 15.3. The van der Waals surface area contributed by atoms with Crippen LogP contribution in [0.15, 0.2) is 0 Å². The van der Waals surface area contributed by atoms with Gasteiger partial charge in [-0.1, -0.05) is 0 Å². The molecule has 11 heteroatoms. The normalized spacial score (nSPS) is 19.5. The van der Waals surface area contributed by atoms with Crippen LogP contribution in [0.4, 0.5) is 0 Å². The van der Waals surface area contributed by atoms with E-state index < -0.39 is 17.9 Å². The molecule has 1 fully saturated rings. The van der Waals surface area contributed by atoms with E-state index in [1.54, 1.807) is 14.7 Å². The minimum Gasteiger partial charge on any atom is -0.480 e. The predicted molar refractivity (Wildman–Crippen MR) is 94.3 cm³/mol. The van der Waals surface area contributed by atoms with E-state index in [0.29, 0.717) is 52.4 Å². The third kappa shape index (κ3) is 10.5. The molecule has 0 aromatic carbocycles. The van der Waals surface area contributed by atoms with E-state index in [-0.39, 0.29) is 26.2 Å². The molecular weight excluding hydrogens is 358 g/mol. The van der Waals surface area contributed by atoms with E-state index in [0.717, 1.165) is 0 Å². The SMILES string of the molecule is N#CCN1CCN(CC(=O)O)CCN(CC(=O)O)CCN(CC(=O)O)CC1. The summed E-state index contributed by atoms with van der Waals surface area (Å²) >= 11 is 0. The van der Waals surface area contributed by atoms with Crippen molar-refractivity contribution in [1.82, 2.24) is 19.6 Å². The number of nitriles is 1. The Hall–Kier alpha value is -2.26. The largest absolute Gasteiger partial charge is 0.480 e. The minimum atomic E-state index is -0.989. The van der Waals surface area contributed by atoms with Crippen LogP contribution >= 0.6 is 0 Å². The number of hydrogen-bond acceptors (Lipinski definition) is 8. The summed E-state index contributed by atoms with van der Waals surface area (Å²) in [4.78, 5) is 40.2. The standard InChI is InChI=1S/C16H27N5O6/c17-1-2-18-3-5-19(11-14(22)23)7-9-21(13-16(26)27)10-8-20(6-4-18)12-15(24)25/h2-13H2,(H,22,23)(H,24,25)(H,26,27). The van der Waals surface area contributed by atoms with Gasteiger partial charge in [-0.3, -0.25) is 34.0 Å². The van der Waals surface area contributed by atoms with Crippen LogP contribution in [0.2, 0.25) is 0 Å². The third-order valence-electron chi connectivity index (χ3n) is 4.30. The molecule has 0 bridgehead atoms. The summed E-state index contributed by atoms with van der Waals surface area (Å²) in [5, 5.41) is 36.2. The molecular formula is C16H27N5O6. The van der Waals surface area contributed by atoms with Crippen LogP contribution < -0.4 is 0 Å². The first kappa shape index (κ1) is 22.8. The molecule has 0 aliphatic carbocycles. The van der Waals surface area contributed by atoms with Gasteiger partial charge in [0.1, 0.15) is 0 Å². The molecule has 1 saturated heterocycles. The van der Waals surface area contributed by atoms with Gasteiger partial charge in [0, 0.05) is 52.4 Å². The van der Waals surface area contributed by atoms with Gasteiger partial charge in [-0.25, -0.2) is 0 Å². The highest BCUT2D eigenvalue weighted by molar-refractivity contribution is 5.69. The van der Waals surface area contributed by atoms with Gasteiger partial charge >= 0.3 is 17.9 Å². The number of hydrogen-bond donors (Lipinski definition) is 3. The molecule has 1 rings (SSSR count). The average molecular weight is 385 g/mol.